The highest BCUT2D eigenvalue weighted by Gasteiger charge is 2.02. The van der Waals surface area contributed by atoms with Gasteiger partial charge < -0.3 is 0 Å². The molecule has 84 valence electrons. The molecule has 2 aromatic carbocycles. The van der Waals surface area contributed by atoms with Crippen LogP contribution in [0, 0.1) is 17.1 Å². The Labute approximate surface area is 111 Å². The third-order valence-corrected chi connectivity index (χ3v) is 3.75. The van der Waals surface area contributed by atoms with Gasteiger partial charge in [0.1, 0.15) is 5.82 Å². The number of rotatable bonds is 2. The number of halogens is 2. The SMILES string of the molecule is N#Cc1ccc(Sc2ccc(Br)c(F)c2)cc1. The number of nitriles is 1. The lowest BCUT2D eigenvalue weighted by molar-refractivity contribution is 0.617. The van der Waals surface area contributed by atoms with Crippen LogP contribution >= 0.6 is 27.7 Å². The van der Waals surface area contributed by atoms with E-state index >= 15 is 0 Å². The van der Waals surface area contributed by atoms with Crippen LogP contribution in [0.2, 0.25) is 0 Å². The Balaban J connectivity index is 2.20. The van der Waals surface area contributed by atoms with Crippen LogP contribution in [0.25, 0.3) is 0 Å². The zero-order valence-corrected chi connectivity index (χ0v) is 11.1. The van der Waals surface area contributed by atoms with Gasteiger partial charge in [-0.05, 0) is 58.4 Å². The van der Waals surface area contributed by atoms with Gasteiger partial charge in [0.25, 0.3) is 0 Å². The Hall–Kier alpha value is -1.31. The van der Waals surface area contributed by atoms with E-state index in [0.717, 1.165) is 9.79 Å². The molecule has 4 heteroatoms. The fourth-order valence-electron chi connectivity index (χ4n) is 1.27. The fourth-order valence-corrected chi connectivity index (χ4v) is 2.36. The molecule has 0 aromatic heterocycles. The highest BCUT2D eigenvalue weighted by atomic mass is 79.9. The molecule has 0 aliphatic carbocycles. The normalized spacial score (nSPS) is 9.94. The van der Waals surface area contributed by atoms with Crippen molar-refractivity contribution in [2.75, 3.05) is 0 Å². The molecule has 0 aliphatic heterocycles. The second kappa shape index (κ2) is 5.35. The average molecular weight is 308 g/mol. The Morgan fingerprint density at radius 2 is 1.71 bits per heavy atom. The standard InChI is InChI=1S/C13H7BrFNS/c14-12-6-5-11(7-13(12)15)17-10-3-1-9(8-16)2-4-10/h1-7H. The molecular formula is C13H7BrFNS. The van der Waals surface area contributed by atoms with Gasteiger partial charge in [0, 0.05) is 9.79 Å². The van der Waals surface area contributed by atoms with Crippen molar-refractivity contribution in [3.05, 3.63) is 58.3 Å². The first-order valence-electron chi connectivity index (χ1n) is 4.82. The summed E-state index contributed by atoms with van der Waals surface area (Å²) in [5.41, 5.74) is 0.622. The number of hydrogen-bond donors (Lipinski definition) is 0. The molecule has 0 heterocycles. The van der Waals surface area contributed by atoms with Crippen molar-refractivity contribution in [2.45, 2.75) is 9.79 Å². The Morgan fingerprint density at radius 1 is 1.06 bits per heavy atom. The number of benzene rings is 2. The maximum atomic E-state index is 13.3. The van der Waals surface area contributed by atoms with Crippen molar-refractivity contribution >= 4 is 27.7 Å². The van der Waals surface area contributed by atoms with Gasteiger partial charge in [-0.1, -0.05) is 11.8 Å². The molecule has 0 amide bonds. The first kappa shape index (κ1) is 12.2. The molecule has 17 heavy (non-hydrogen) atoms. The van der Waals surface area contributed by atoms with Gasteiger partial charge in [-0.3, -0.25) is 0 Å². The second-order valence-corrected chi connectivity index (χ2v) is 5.32. The van der Waals surface area contributed by atoms with Gasteiger partial charge in [-0.15, -0.1) is 0 Å². The van der Waals surface area contributed by atoms with Crippen molar-refractivity contribution in [1.29, 1.82) is 5.26 Å². The van der Waals surface area contributed by atoms with E-state index in [9.17, 15) is 4.39 Å². The molecule has 0 N–H and O–H groups in total. The maximum Gasteiger partial charge on any atom is 0.138 e. The van der Waals surface area contributed by atoms with E-state index in [1.807, 2.05) is 18.2 Å². The van der Waals surface area contributed by atoms with Crippen LogP contribution in [0.5, 0.6) is 0 Å². The smallest absolute Gasteiger partial charge is 0.138 e. The maximum absolute atomic E-state index is 13.3. The highest BCUT2D eigenvalue weighted by Crippen LogP contribution is 2.30. The van der Waals surface area contributed by atoms with Crippen molar-refractivity contribution in [1.82, 2.24) is 0 Å². The summed E-state index contributed by atoms with van der Waals surface area (Å²) in [6.45, 7) is 0. The zero-order chi connectivity index (χ0) is 12.3. The van der Waals surface area contributed by atoms with E-state index in [-0.39, 0.29) is 5.82 Å². The van der Waals surface area contributed by atoms with Gasteiger partial charge in [-0.2, -0.15) is 5.26 Å². The lowest BCUT2D eigenvalue weighted by atomic mass is 10.2. The molecule has 0 saturated heterocycles. The van der Waals surface area contributed by atoms with Crippen LogP contribution in [-0.4, -0.2) is 0 Å². The summed E-state index contributed by atoms with van der Waals surface area (Å²) >= 11 is 4.57. The molecule has 0 atom stereocenters. The minimum absolute atomic E-state index is 0.274. The molecule has 0 aliphatic rings. The summed E-state index contributed by atoms with van der Waals surface area (Å²) < 4.78 is 13.8. The van der Waals surface area contributed by atoms with Crippen molar-refractivity contribution < 1.29 is 4.39 Å². The van der Waals surface area contributed by atoms with Crippen LogP contribution in [0.4, 0.5) is 4.39 Å². The largest absolute Gasteiger partial charge is 0.206 e. The second-order valence-electron chi connectivity index (χ2n) is 3.31. The quantitative estimate of drug-likeness (QED) is 0.809. The van der Waals surface area contributed by atoms with Gasteiger partial charge >= 0.3 is 0 Å². The summed E-state index contributed by atoms with van der Waals surface area (Å²) in [7, 11) is 0. The van der Waals surface area contributed by atoms with Crippen LogP contribution in [-0.2, 0) is 0 Å². The molecule has 0 unspecified atom stereocenters. The molecular weight excluding hydrogens is 301 g/mol. The van der Waals surface area contributed by atoms with E-state index in [2.05, 4.69) is 22.0 Å². The van der Waals surface area contributed by atoms with Crippen LogP contribution < -0.4 is 0 Å². The highest BCUT2D eigenvalue weighted by molar-refractivity contribution is 9.10. The predicted octanol–water partition coefficient (Wildman–Crippen LogP) is 4.61. The van der Waals surface area contributed by atoms with Gasteiger partial charge in [0.05, 0.1) is 16.1 Å². The number of hydrogen-bond acceptors (Lipinski definition) is 2. The lowest BCUT2D eigenvalue weighted by Crippen LogP contribution is -1.80. The minimum atomic E-state index is -0.274. The van der Waals surface area contributed by atoms with Crippen molar-refractivity contribution in [2.24, 2.45) is 0 Å². The van der Waals surface area contributed by atoms with Gasteiger partial charge in [-0.25, -0.2) is 4.39 Å². The van der Waals surface area contributed by atoms with E-state index in [0.29, 0.717) is 10.0 Å². The van der Waals surface area contributed by atoms with E-state index in [1.54, 1.807) is 18.2 Å². The molecule has 2 aromatic rings. The molecule has 1 nitrogen and oxygen atoms in total. The topological polar surface area (TPSA) is 23.8 Å². The zero-order valence-electron chi connectivity index (χ0n) is 8.65. The van der Waals surface area contributed by atoms with Crippen molar-refractivity contribution in [3.63, 3.8) is 0 Å². The average Bonchev–Trinajstić information content (AvgIpc) is 2.35. The van der Waals surface area contributed by atoms with E-state index in [1.165, 1.54) is 17.8 Å². The monoisotopic (exact) mass is 307 g/mol. The molecule has 0 bridgehead atoms. The Morgan fingerprint density at radius 3 is 2.29 bits per heavy atom. The molecule has 0 radical (unpaired) electrons. The Bertz CT molecular complexity index is 575. The van der Waals surface area contributed by atoms with Crippen LogP contribution in [0.15, 0.2) is 56.7 Å². The first-order chi connectivity index (χ1) is 8.19. The summed E-state index contributed by atoms with van der Waals surface area (Å²) in [5.74, 6) is -0.274. The summed E-state index contributed by atoms with van der Waals surface area (Å²) in [6, 6.07) is 14.3. The van der Waals surface area contributed by atoms with Gasteiger partial charge in [0.2, 0.25) is 0 Å². The molecule has 0 saturated carbocycles. The Kier molecular flexibility index (Phi) is 3.82. The summed E-state index contributed by atoms with van der Waals surface area (Å²) in [6.07, 6.45) is 0. The third kappa shape index (κ3) is 3.09. The van der Waals surface area contributed by atoms with E-state index in [4.69, 9.17) is 5.26 Å². The molecule has 0 spiro atoms. The van der Waals surface area contributed by atoms with Crippen molar-refractivity contribution in [3.8, 4) is 6.07 Å². The van der Waals surface area contributed by atoms with Gasteiger partial charge in [0.15, 0.2) is 0 Å². The van der Waals surface area contributed by atoms with Crippen LogP contribution in [0.1, 0.15) is 5.56 Å². The lowest BCUT2D eigenvalue weighted by Gasteiger charge is -2.02. The summed E-state index contributed by atoms with van der Waals surface area (Å²) in [4.78, 5) is 1.81. The third-order valence-electron chi connectivity index (χ3n) is 2.11. The molecule has 2 rings (SSSR count). The minimum Gasteiger partial charge on any atom is -0.206 e. The fraction of sp³-hybridized carbons (Fsp3) is 0. The first-order valence-corrected chi connectivity index (χ1v) is 6.43. The number of nitrogens with zero attached hydrogens (tertiary/aromatic N) is 1. The van der Waals surface area contributed by atoms with Crippen LogP contribution in [0.3, 0.4) is 0 Å². The predicted molar refractivity (Wildman–Crippen MR) is 69.4 cm³/mol. The summed E-state index contributed by atoms with van der Waals surface area (Å²) in [5, 5.41) is 8.67. The van der Waals surface area contributed by atoms with E-state index < -0.39 is 0 Å². The molecule has 0 fully saturated rings.